The molecule has 2 heterocycles. The zero-order chi connectivity index (χ0) is 42.3. The number of nitrogens with zero attached hydrogens (tertiary/aromatic N) is 3. The number of aliphatic hydroxyl groups excluding tert-OH is 1. The highest BCUT2D eigenvalue weighted by Gasteiger charge is 2.51. The standard InChI is InChI=1S/C37H42BrF5N6O8/c1-35(2,3)30(27-16-23(25-17-24(39)10-11-26(25)40)20-47(27)19-22-8-5-4-6-9-22)31(52)32(53)45-14-12-36(44,56-34(55)37(41,42)43)33(54)48-15-7-13-46-57-29(51)21-49(48)28(50)18-38/h4-6,8-11,16-17,20,30-31,46,52H,7,12-15,18-19,21,44H2,1-3H3,(H,45,53)/t30-,31+,36+/m1/s1. The number of rotatable bonds is 12. The lowest BCUT2D eigenvalue weighted by Crippen LogP contribution is -2.65. The number of hydrogen-bond acceptors (Lipinski definition) is 10. The van der Waals surface area contributed by atoms with Crippen LogP contribution in [0.3, 0.4) is 0 Å². The molecule has 14 nitrogen and oxygen atoms in total. The Balaban J connectivity index is 1.66. The van der Waals surface area contributed by atoms with E-state index in [-0.39, 0.29) is 30.6 Å². The highest BCUT2D eigenvalue weighted by Crippen LogP contribution is 2.41. The van der Waals surface area contributed by atoms with Crippen LogP contribution in [0.1, 0.15) is 50.8 Å². The molecule has 2 aromatic carbocycles. The van der Waals surface area contributed by atoms with E-state index in [0.29, 0.717) is 15.7 Å². The summed E-state index contributed by atoms with van der Waals surface area (Å²) in [6, 6.07) is 13.5. The van der Waals surface area contributed by atoms with Gasteiger partial charge in [-0.15, -0.1) is 0 Å². The van der Waals surface area contributed by atoms with Crippen molar-refractivity contribution in [1.29, 1.82) is 0 Å². The van der Waals surface area contributed by atoms with Crippen molar-refractivity contribution in [3.63, 3.8) is 0 Å². The van der Waals surface area contributed by atoms with Gasteiger partial charge in [0.05, 0.1) is 5.33 Å². The van der Waals surface area contributed by atoms with Gasteiger partial charge >= 0.3 is 24.0 Å². The van der Waals surface area contributed by atoms with Gasteiger partial charge in [-0.05, 0) is 41.7 Å². The first-order valence-electron chi connectivity index (χ1n) is 17.5. The number of aromatic nitrogens is 1. The number of benzene rings is 2. The molecule has 0 aliphatic carbocycles. The molecule has 310 valence electrons. The van der Waals surface area contributed by atoms with E-state index in [2.05, 4.69) is 31.5 Å². The maximum absolute atomic E-state index is 15.0. The fourth-order valence-electron chi connectivity index (χ4n) is 6.22. The van der Waals surface area contributed by atoms with Crippen LogP contribution in [0.25, 0.3) is 11.1 Å². The third-order valence-corrected chi connectivity index (χ3v) is 9.39. The van der Waals surface area contributed by atoms with Crippen molar-refractivity contribution in [3.8, 4) is 11.1 Å². The molecular weight excluding hydrogens is 831 g/mol. The van der Waals surface area contributed by atoms with Crippen LogP contribution < -0.4 is 16.5 Å². The Morgan fingerprint density at radius 1 is 1.05 bits per heavy atom. The van der Waals surface area contributed by atoms with Crippen molar-refractivity contribution >= 4 is 45.6 Å². The zero-order valence-electron chi connectivity index (χ0n) is 31.1. The molecule has 1 aliphatic heterocycles. The Labute approximate surface area is 332 Å². The quantitative estimate of drug-likeness (QED) is 0.0907. The average molecular weight is 874 g/mol. The Morgan fingerprint density at radius 3 is 2.37 bits per heavy atom. The van der Waals surface area contributed by atoms with Gasteiger partial charge in [-0.1, -0.05) is 67.0 Å². The lowest BCUT2D eigenvalue weighted by molar-refractivity contribution is -0.219. The first-order chi connectivity index (χ1) is 26.7. The van der Waals surface area contributed by atoms with E-state index in [1.54, 1.807) is 49.7 Å². The van der Waals surface area contributed by atoms with Crippen LogP contribution in [-0.4, -0.2) is 98.9 Å². The Kier molecular flexibility index (Phi) is 14.6. The number of esters is 1. The van der Waals surface area contributed by atoms with Gasteiger partial charge in [0.1, 0.15) is 24.3 Å². The summed E-state index contributed by atoms with van der Waals surface area (Å²) in [4.78, 5) is 69.6. The third-order valence-electron chi connectivity index (χ3n) is 8.91. The van der Waals surface area contributed by atoms with Gasteiger partial charge in [0.15, 0.2) is 0 Å². The summed E-state index contributed by atoms with van der Waals surface area (Å²) in [5.74, 6) is -9.91. The molecule has 57 heavy (non-hydrogen) atoms. The lowest BCUT2D eigenvalue weighted by atomic mass is 9.74. The topological polar surface area (TPSA) is 186 Å². The van der Waals surface area contributed by atoms with Crippen LogP contribution >= 0.6 is 15.9 Å². The van der Waals surface area contributed by atoms with E-state index < -0.39 is 102 Å². The molecule has 0 saturated carbocycles. The van der Waals surface area contributed by atoms with Gasteiger partial charge in [-0.3, -0.25) is 20.1 Å². The molecule has 3 amide bonds. The first kappa shape index (κ1) is 44.8. The molecule has 20 heteroatoms. The summed E-state index contributed by atoms with van der Waals surface area (Å²) in [5, 5.41) is 14.7. The number of alkyl halides is 4. The predicted molar refractivity (Wildman–Crippen MR) is 196 cm³/mol. The SMILES string of the molecule is CC(C)(C)[C@H](c1cc(-c2cc(F)ccc2F)cn1Cc1ccccc1)[C@H](O)C(=O)NCC[C@](N)(OC(=O)C(F)(F)F)C(=O)N1CCCNOC(=O)CN1C(=O)CBr. The Bertz CT molecular complexity index is 1940. The Hall–Kier alpha value is -4.92. The number of ether oxygens (including phenoxy) is 1. The average Bonchev–Trinajstić information content (AvgIpc) is 3.57. The number of halogens is 6. The summed E-state index contributed by atoms with van der Waals surface area (Å²) < 4.78 is 75.9. The molecule has 1 saturated heterocycles. The zero-order valence-corrected chi connectivity index (χ0v) is 32.7. The van der Waals surface area contributed by atoms with E-state index in [1.165, 1.54) is 6.07 Å². The summed E-state index contributed by atoms with van der Waals surface area (Å²) in [6.07, 6.45) is -7.00. The molecule has 5 N–H and O–H groups in total. The molecule has 1 aromatic heterocycles. The predicted octanol–water partition coefficient (Wildman–Crippen LogP) is 3.66. The molecule has 4 rings (SSSR count). The van der Waals surface area contributed by atoms with Crippen LogP contribution in [0.5, 0.6) is 0 Å². The number of carbonyl (C=O) groups excluding carboxylic acids is 5. The first-order valence-corrected chi connectivity index (χ1v) is 18.6. The maximum atomic E-state index is 15.0. The Morgan fingerprint density at radius 2 is 1.74 bits per heavy atom. The minimum atomic E-state index is -5.63. The minimum Gasteiger partial charge on any atom is -0.428 e. The van der Waals surface area contributed by atoms with Crippen molar-refractivity contribution in [2.24, 2.45) is 11.1 Å². The van der Waals surface area contributed by atoms with E-state index in [9.17, 15) is 51.0 Å². The number of hydrazine groups is 1. The summed E-state index contributed by atoms with van der Waals surface area (Å²) in [7, 11) is 0. The van der Waals surface area contributed by atoms with Crippen molar-refractivity contribution in [2.45, 2.75) is 64.1 Å². The third kappa shape index (κ3) is 11.4. The highest BCUT2D eigenvalue weighted by atomic mass is 79.9. The second-order valence-corrected chi connectivity index (χ2v) is 14.8. The summed E-state index contributed by atoms with van der Waals surface area (Å²) in [6.45, 7) is 3.23. The number of amides is 3. The molecule has 1 aliphatic rings. The van der Waals surface area contributed by atoms with Gasteiger partial charge in [0.25, 0.3) is 5.91 Å². The number of nitrogens with two attached hydrogens (primary N) is 1. The van der Waals surface area contributed by atoms with Crippen LogP contribution in [0.15, 0.2) is 60.8 Å². The molecule has 0 unspecified atom stereocenters. The van der Waals surface area contributed by atoms with Crippen LogP contribution in [0, 0.1) is 17.0 Å². The van der Waals surface area contributed by atoms with E-state index >= 15 is 0 Å². The molecule has 1 fully saturated rings. The monoisotopic (exact) mass is 872 g/mol. The molecule has 3 aromatic rings. The van der Waals surface area contributed by atoms with Gasteiger partial charge < -0.3 is 24.6 Å². The van der Waals surface area contributed by atoms with Crippen LogP contribution in [0.2, 0.25) is 0 Å². The highest BCUT2D eigenvalue weighted by molar-refractivity contribution is 9.09. The van der Waals surface area contributed by atoms with Crippen LogP contribution in [-0.2, 0) is 40.1 Å². The molecule has 0 bridgehead atoms. The van der Waals surface area contributed by atoms with Crippen molar-refractivity contribution in [3.05, 3.63) is 83.7 Å². The minimum absolute atomic E-state index is 0.0227. The normalized spacial score (nSPS) is 16.3. The number of aliphatic hydroxyl groups is 1. The van der Waals surface area contributed by atoms with E-state index in [0.717, 1.165) is 23.8 Å². The van der Waals surface area contributed by atoms with Crippen molar-refractivity contribution < 1.29 is 60.6 Å². The molecule has 0 radical (unpaired) electrons. The lowest BCUT2D eigenvalue weighted by Gasteiger charge is -2.39. The largest absolute Gasteiger partial charge is 0.491 e. The van der Waals surface area contributed by atoms with E-state index in [1.807, 2.05) is 12.1 Å². The second-order valence-electron chi connectivity index (χ2n) is 14.2. The number of carbonyl (C=O) groups is 5. The molecular formula is C37H42BrF5N6O8. The number of hydroxylamine groups is 1. The summed E-state index contributed by atoms with van der Waals surface area (Å²) in [5.41, 5.74) is 5.63. The summed E-state index contributed by atoms with van der Waals surface area (Å²) >= 11 is 2.92. The van der Waals surface area contributed by atoms with Crippen molar-refractivity contribution in [2.75, 3.05) is 31.5 Å². The fraction of sp³-hybridized carbons (Fsp3) is 0.432. The smallest absolute Gasteiger partial charge is 0.428 e. The molecule has 0 spiro atoms. The van der Waals surface area contributed by atoms with Gasteiger partial charge in [-0.2, -0.15) is 18.7 Å². The fourth-order valence-corrected chi connectivity index (χ4v) is 6.51. The van der Waals surface area contributed by atoms with Gasteiger partial charge in [-0.25, -0.2) is 28.4 Å². The number of hydrogen-bond donors (Lipinski definition) is 4. The van der Waals surface area contributed by atoms with Crippen molar-refractivity contribution in [1.82, 2.24) is 25.4 Å². The van der Waals surface area contributed by atoms with Gasteiger partial charge in [0.2, 0.25) is 11.6 Å². The molecule has 3 atom stereocenters. The maximum Gasteiger partial charge on any atom is 0.491 e. The number of nitrogens with one attached hydrogen (secondary N) is 2. The van der Waals surface area contributed by atoms with E-state index in [4.69, 9.17) is 10.6 Å². The van der Waals surface area contributed by atoms with Crippen LogP contribution in [0.4, 0.5) is 22.0 Å². The second kappa shape index (κ2) is 18.6. The van der Waals surface area contributed by atoms with Gasteiger partial charge in [0, 0.05) is 61.5 Å².